The summed E-state index contributed by atoms with van der Waals surface area (Å²) in [4.78, 5) is 11.3. The van der Waals surface area contributed by atoms with E-state index in [0.29, 0.717) is 12.4 Å². The molecule has 0 aliphatic carbocycles. The molecule has 0 aliphatic heterocycles. The highest BCUT2D eigenvalue weighted by Crippen LogP contribution is 2.18. The summed E-state index contributed by atoms with van der Waals surface area (Å²) in [5.41, 5.74) is 1.31. The highest BCUT2D eigenvalue weighted by atomic mass is 16.5. The number of para-hydroxylation sites is 1. The number of hydrogen-bond donors (Lipinski definition) is 2. The lowest BCUT2D eigenvalue weighted by molar-refractivity contribution is 0.0957. The van der Waals surface area contributed by atoms with Gasteiger partial charge < -0.3 is 15.4 Å². The van der Waals surface area contributed by atoms with Gasteiger partial charge in [-0.1, -0.05) is 18.2 Å². The first kappa shape index (κ1) is 13.8. The van der Waals surface area contributed by atoms with E-state index in [-0.39, 0.29) is 11.6 Å². The van der Waals surface area contributed by atoms with Crippen LogP contribution in [0.2, 0.25) is 0 Å². The second-order valence-electron chi connectivity index (χ2n) is 4.05. The molecule has 1 heterocycles. The molecule has 0 aliphatic rings. The second-order valence-corrected chi connectivity index (χ2v) is 4.05. The Labute approximate surface area is 117 Å². The molecule has 2 aromatic rings. The summed E-state index contributed by atoms with van der Waals surface area (Å²) >= 11 is 0. The van der Waals surface area contributed by atoms with Crippen molar-refractivity contribution in [1.82, 2.24) is 15.5 Å². The highest BCUT2D eigenvalue weighted by molar-refractivity contribution is 5.91. The maximum absolute atomic E-state index is 11.3. The number of methoxy groups -OCH3 is 1. The van der Waals surface area contributed by atoms with Crippen LogP contribution in [0.3, 0.4) is 0 Å². The van der Waals surface area contributed by atoms with Gasteiger partial charge in [0.1, 0.15) is 11.6 Å². The normalized spacial score (nSPS) is 9.90. The van der Waals surface area contributed by atoms with Crippen molar-refractivity contribution in [2.75, 3.05) is 19.5 Å². The molecule has 1 amide bonds. The number of anilines is 1. The molecule has 0 fully saturated rings. The van der Waals surface area contributed by atoms with Crippen LogP contribution in [-0.2, 0) is 6.54 Å². The number of aromatic nitrogens is 2. The predicted molar refractivity (Wildman–Crippen MR) is 75.7 cm³/mol. The van der Waals surface area contributed by atoms with E-state index < -0.39 is 0 Å². The van der Waals surface area contributed by atoms with Crippen LogP contribution >= 0.6 is 0 Å². The van der Waals surface area contributed by atoms with Crippen molar-refractivity contribution >= 4 is 11.7 Å². The molecule has 1 aromatic heterocycles. The van der Waals surface area contributed by atoms with Crippen LogP contribution < -0.4 is 15.4 Å². The van der Waals surface area contributed by atoms with Crippen LogP contribution in [0.1, 0.15) is 16.1 Å². The Morgan fingerprint density at radius 2 is 2.00 bits per heavy atom. The number of nitrogens with one attached hydrogen (secondary N) is 2. The zero-order valence-corrected chi connectivity index (χ0v) is 11.4. The van der Waals surface area contributed by atoms with Crippen LogP contribution in [0.25, 0.3) is 0 Å². The Balaban J connectivity index is 2.02. The zero-order valence-electron chi connectivity index (χ0n) is 11.4. The number of carbonyl (C=O) groups excluding carboxylic acids is 1. The first-order chi connectivity index (χ1) is 9.74. The van der Waals surface area contributed by atoms with Gasteiger partial charge >= 0.3 is 0 Å². The topological polar surface area (TPSA) is 76.1 Å². The number of amides is 1. The van der Waals surface area contributed by atoms with Gasteiger partial charge in [-0.2, -0.15) is 0 Å². The Bertz CT molecular complexity index is 584. The molecule has 1 aromatic carbocycles. The molecule has 0 saturated carbocycles. The Hall–Kier alpha value is -2.63. The zero-order chi connectivity index (χ0) is 14.4. The maximum Gasteiger partial charge on any atom is 0.271 e. The van der Waals surface area contributed by atoms with E-state index >= 15 is 0 Å². The summed E-state index contributed by atoms with van der Waals surface area (Å²) in [5, 5.41) is 13.4. The van der Waals surface area contributed by atoms with E-state index in [4.69, 9.17) is 4.74 Å². The van der Waals surface area contributed by atoms with E-state index in [9.17, 15) is 4.79 Å². The van der Waals surface area contributed by atoms with Crippen molar-refractivity contribution in [3.8, 4) is 5.75 Å². The summed E-state index contributed by atoms with van der Waals surface area (Å²) < 4.78 is 5.27. The molecular formula is C14H16N4O2. The molecule has 104 valence electrons. The maximum atomic E-state index is 11.3. The Kier molecular flexibility index (Phi) is 4.49. The summed E-state index contributed by atoms with van der Waals surface area (Å²) in [5.74, 6) is 1.16. The highest BCUT2D eigenvalue weighted by Gasteiger charge is 2.06. The molecule has 0 spiro atoms. The minimum Gasteiger partial charge on any atom is -0.496 e. The number of rotatable bonds is 5. The lowest BCUT2D eigenvalue weighted by Gasteiger charge is -2.09. The standard InChI is InChI=1S/C14H16N4O2/c1-15-14(19)11-7-8-13(18-17-11)16-9-10-5-3-4-6-12(10)20-2/h3-8H,9H2,1-2H3,(H,15,19)(H,16,18). The molecule has 0 saturated heterocycles. The Morgan fingerprint density at radius 1 is 1.20 bits per heavy atom. The predicted octanol–water partition coefficient (Wildman–Crippen LogP) is 1.46. The molecule has 6 nitrogen and oxygen atoms in total. The number of benzene rings is 1. The van der Waals surface area contributed by atoms with E-state index in [2.05, 4.69) is 20.8 Å². The third kappa shape index (κ3) is 3.23. The van der Waals surface area contributed by atoms with Crippen molar-refractivity contribution in [2.24, 2.45) is 0 Å². The number of nitrogens with zero attached hydrogens (tertiary/aromatic N) is 2. The van der Waals surface area contributed by atoms with E-state index in [1.165, 1.54) is 0 Å². The fourth-order valence-corrected chi connectivity index (χ4v) is 1.71. The number of carbonyl (C=O) groups is 1. The average molecular weight is 272 g/mol. The Morgan fingerprint density at radius 3 is 2.65 bits per heavy atom. The van der Waals surface area contributed by atoms with E-state index in [1.54, 1.807) is 26.3 Å². The molecule has 6 heteroatoms. The molecule has 0 bridgehead atoms. The van der Waals surface area contributed by atoms with Crippen LogP contribution in [-0.4, -0.2) is 30.3 Å². The van der Waals surface area contributed by atoms with Crippen molar-refractivity contribution < 1.29 is 9.53 Å². The number of ether oxygens (including phenoxy) is 1. The molecule has 0 atom stereocenters. The molecule has 20 heavy (non-hydrogen) atoms. The van der Waals surface area contributed by atoms with Crippen molar-refractivity contribution in [3.05, 3.63) is 47.7 Å². The third-order valence-corrected chi connectivity index (χ3v) is 2.78. The quantitative estimate of drug-likeness (QED) is 0.861. The fourth-order valence-electron chi connectivity index (χ4n) is 1.71. The monoisotopic (exact) mass is 272 g/mol. The van der Waals surface area contributed by atoms with Crippen LogP contribution in [0.4, 0.5) is 5.82 Å². The van der Waals surface area contributed by atoms with Crippen LogP contribution in [0, 0.1) is 0 Å². The summed E-state index contributed by atoms with van der Waals surface area (Å²) in [6.07, 6.45) is 0. The third-order valence-electron chi connectivity index (χ3n) is 2.78. The lowest BCUT2D eigenvalue weighted by Crippen LogP contribution is -2.19. The van der Waals surface area contributed by atoms with Gasteiger partial charge in [0, 0.05) is 19.2 Å². The average Bonchev–Trinajstić information content (AvgIpc) is 2.53. The molecule has 2 rings (SSSR count). The van der Waals surface area contributed by atoms with Crippen LogP contribution in [0.5, 0.6) is 5.75 Å². The van der Waals surface area contributed by atoms with Crippen molar-refractivity contribution in [2.45, 2.75) is 6.54 Å². The first-order valence-electron chi connectivity index (χ1n) is 6.16. The summed E-state index contributed by atoms with van der Waals surface area (Å²) in [6, 6.07) is 11.1. The van der Waals surface area contributed by atoms with Gasteiger partial charge in [-0.25, -0.2) is 0 Å². The lowest BCUT2D eigenvalue weighted by atomic mass is 10.2. The van der Waals surface area contributed by atoms with Gasteiger partial charge in [0.25, 0.3) is 5.91 Å². The molecule has 0 radical (unpaired) electrons. The second kappa shape index (κ2) is 6.51. The smallest absolute Gasteiger partial charge is 0.271 e. The molecule has 2 N–H and O–H groups in total. The summed E-state index contributed by atoms with van der Waals surface area (Å²) in [7, 11) is 3.19. The van der Waals surface area contributed by atoms with Crippen molar-refractivity contribution in [3.63, 3.8) is 0 Å². The van der Waals surface area contributed by atoms with Gasteiger partial charge in [-0.3, -0.25) is 4.79 Å². The van der Waals surface area contributed by atoms with Gasteiger partial charge in [-0.15, -0.1) is 10.2 Å². The largest absolute Gasteiger partial charge is 0.496 e. The van der Waals surface area contributed by atoms with Gasteiger partial charge in [0.05, 0.1) is 7.11 Å². The minimum absolute atomic E-state index is 0.256. The van der Waals surface area contributed by atoms with Crippen molar-refractivity contribution in [1.29, 1.82) is 0 Å². The van der Waals surface area contributed by atoms with Crippen LogP contribution in [0.15, 0.2) is 36.4 Å². The van der Waals surface area contributed by atoms with E-state index in [0.717, 1.165) is 11.3 Å². The van der Waals surface area contributed by atoms with Gasteiger partial charge in [0.2, 0.25) is 0 Å². The first-order valence-corrected chi connectivity index (χ1v) is 6.16. The van der Waals surface area contributed by atoms with E-state index in [1.807, 2.05) is 24.3 Å². The van der Waals surface area contributed by atoms with Gasteiger partial charge in [0.15, 0.2) is 5.69 Å². The molecular weight excluding hydrogens is 256 g/mol. The fraction of sp³-hybridized carbons (Fsp3) is 0.214. The van der Waals surface area contributed by atoms with Gasteiger partial charge in [-0.05, 0) is 18.2 Å². The minimum atomic E-state index is -0.256. The summed E-state index contributed by atoms with van der Waals surface area (Å²) in [6.45, 7) is 0.567. The molecule has 0 unspecified atom stereocenters. The SMILES string of the molecule is CNC(=O)c1ccc(NCc2ccccc2OC)nn1. The number of hydrogen-bond acceptors (Lipinski definition) is 5.